The molecule has 0 saturated heterocycles. The highest BCUT2D eigenvalue weighted by Gasteiger charge is 2.27. The molecule has 164 valence electrons. The molecule has 0 saturated carbocycles. The van der Waals surface area contributed by atoms with Crippen LogP contribution in [-0.4, -0.2) is 43.9 Å². The monoisotopic (exact) mass is 456 g/mol. The predicted molar refractivity (Wildman–Crippen MR) is 127 cm³/mol. The van der Waals surface area contributed by atoms with Gasteiger partial charge in [-0.3, -0.25) is 19.1 Å². The van der Waals surface area contributed by atoms with Gasteiger partial charge in [-0.2, -0.15) is 0 Å². The van der Waals surface area contributed by atoms with Crippen LogP contribution in [0.1, 0.15) is 5.56 Å². The van der Waals surface area contributed by atoms with Gasteiger partial charge in [-0.15, -0.1) is 10.2 Å². The van der Waals surface area contributed by atoms with Crippen molar-refractivity contribution in [3.05, 3.63) is 78.6 Å². The first-order valence-electron chi connectivity index (χ1n) is 10.4. The van der Waals surface area contributed by atoms with E-state index >= 15 is 0 Å². The Kier molecular flexibility index (Phi) is 5.62. The van der Waals surface area contributed by atoms with Gasteiger partial charge in [-0.05, 0) is 42.8 Å². The van der Waals surface area contributed by atoms with Gasteiger partial charge in [0.25, 0.3) is 0 Å². The number of nitrogens with one attached hydrogen (secondary N) is 1. The SMILES string of the molecule is Cc1ccccc1-n1c(SCC(=O)N2CC(=O)Nc3ccccc32)nnc1-c1cccnc1. The van der Waals surface area contributed by atoms with Crippen LogP contribution >= 0.6 is 11.8 Å². The van der Waals surface area contributed by atoms with Crippen LogP contribution in [-0.2, 0) is 9.59 Å². The van der Waals surface area contributed by atoms with Crippen molar-refractivity contribution in [1.82, 2.24) is 19.7 Å². The number of amides is 2. The third-order valence-electron chi connectivity index (χ3n) is 5.31. The highest BCUT2D eigenvalue weighted by Crippen LogP contribution is 2.32. The maximum absolute atomic E-state index is 13.1. The van der Waals surface area contributed by atoms with Gasteiger partial charge >= 0.3 is 0 Å². The highest BCUT2D eigenvalue weighted by atomic mass is 32.2. The van der Waals surface area contributed by atoms with Gasteiger partial charge in [0.15, 0.2) is 11.0 Å². The second-order valence-electron chi connectivity index (χ2n) is 7.50. The molecule has 8 nitrogen and oxygen atoms in total. The molecule has 3 heterocycles. The van der Waals surface area contributed by atoms with Crippen molar-refractivity contribution in [3.63, 3.8) is 0 Å². The van der Waals surface area contributed by atoms with Crippen molar-refractivity contribution in [1.29, 1.82) is 0 Å². The number of hydrogen-bond acceptors (Lipinski definition) is 6. The average molecular weight is 457 g/mol. The van der Waals surface area contributed by atoms with Crippen molar-refractivity contribution in [2.75, 3.05) is 22.5 Å². The fraction of sp³-hybridized carbons (Fsp3) is 0.125. The second-order valence-corrected chi connectivity index (χ2v) is 8.45. The number of aromatic nitrogens is 4. The molecule has 0 radical (unpaired) electrons. The van der Waals surface area contributed by atoms with Crippen molar-refractivity contribution >= 4 is 35.0 Å². The predicted octanol–water partition coefficient (Wildman–Crippen LogP) is 3.72. The van der Waals surface area contributed by atoms with Gasteiger partial charge in [0.05, 0.1) is 22.8 Å². The van der Waals surface area contributed by atoms with E-state index in [0.717, 1.165) is 16.8 Å². The first kappa shape index (κ1) is 20.9. The molecule has 0 spiro atoms. The van der Waals surface area contributed by atoms with E-state index in [0.29, 0.717) is 22.4 Å². The third kappa shape index (κ3) is 4.10. The van der Waals surface area contributed by atoms with Crippen LogP contribution in [0.2, 0.25) is 0 Å². The molecule has 2 aromatic heterocycles. The molecule has 1 aliphatic heterocycles. The maximum Gasteiger partial charge on any atom is 0.244 e. The Labute approximate surface area is 194 Å². The third-order valence-corrected chi connectivity index (χ3v) is 6.22. The molecule has 33 heavy (non-hydrogen) atoms. The van der Waals surface area contributed by atoms with E-state index in [1.165, 1.54) is 16.7 Å². The Balaban J connectivity index is 1.46. The number of para-hydroxylation sites is 3. The minimum atomic E-state index is -0.214. The maximum atomic E-state index is 13.1. The molecule has 0 bridgehead atoms. The van der Waals surface area contributed by atoms with Gasteiger partial charge < -0.3 is 10.2 Å². The van der Waals surface area contributed by atoms with E-state index in [2.05, 4.69) is 20.5 Å². The zero-order valence-corrected chi connectivity index (χ0v) is 18.6. The normalized spacial score (nSPS) is 12.9. The van der Waals surface area contributed by atoms with Crippen LogP contribution in [0, 0.1) is 6.92 Å². The van der Waals surface area contributed by atoms with Crippen molar-refractivity contribution in [2.45, 2.75) is 12.1 Å². The Bertz CT molecular complexity index is 1340. The van der Waals surface area contributed by atoms with E-state index in [9.17, 15) is 9.59 Å². The molecule has 1 aliphatic rings. The fourth-order valence-electron chi connectivity index (χ4n) is 3.74. The first-order chi connectivity index (χ1) is 16.1. The first-order valence-corrected chi connectivity index (χ1v) is 11.3. The van der Waals surface area contributed by atoms with Gasteiger partial charge in [-0.1, -0.05) is 42.1 Å². The van der Waals surface area contributed by atoms with E-state index in [1.807, 2.05) is 66.1 Å². The number of nitrogens with zero attached hydrogens (tertiary/aromatic N) is 5. The summed E-state index contributed by atoms with van der Waals surface area (Å²) < 4.78 is 1.95. The van der Waals surface area contributed by atoms with E-state index in [-0.39, 0.29) is 24.1 Å². The second kappa shape index (κ2) is 8.87. The van der Waals surface area contributed by atoms with Crippen molar-refractivity contribution in [2.24, 2.45) is 0 Å². The molecule has 0 unspecified atom stereocenters. The van der Waals surface area contributed by atoms with Gasteiger partial charge in [0, 0.05) is 18.0 Å². The molecule has 0 aliphatic carbocycles. The molecule has 0 atom stereocenters. The number of fused-ring (bicyclic) bond motifs is 1. The fourth-order valence-corrected chi connectivity index (χ4v) is 4.56. The number of pyridine rings is 1. The van der Waals surface area contributed by atoms with Crippen LogP contribution in [0.5, 0.6) is 0 Å². The minimum absolute atomic E-state index is 0.0121. The Morgan fingerprint density at radius 1 is 1.03 bits per heavy atom. The number of benzene rings is 2. The quantitative estimate of drug-likeness (QED) is 0.460. The lowest BCUT2D eigenvalue weighted by Gasteiger charge is -2.29. The number of aryl methyl sites for hydroxylation is 1. The number of hydrogen-bond donors (Lipinski definition) is 1. The number of thioether (sulfide) groups is 1. The summed E-state index contributed by atoms with van der Waals surface area (Å²) >= 11 is 1.29. The molecule has 9 heteroatoms. The van der Waals surface area contributed by atoms with Gasteiger partial charge in [0.1, 0.15) is 6.54 Å². The molecule has 2 amide bonds. The summed E-state index contributed by atoms with van der Waals surface area (Å²) in [4.78, 5) is 31.0. The number of rotatable bonds is 5. The van der Waals surface area contributed by atoms with Gasteiger partial charge in [0.2, 0.25) is 11.8 Å². The van der Waals surface area contributed by atoms with E-state index < -0.39 is 0 Å². The molecule has 4 aromatic rings. The topological polar surface area (TPSA) is 93.0 Å². The molecule has 1 N–H and O–H groups in total. The van der Waals surface area contributed by atoms with Crippen LogP contribution in [0.4, 0.5) is 11.4 Å². The summed E-state index contributed by atoms with van der Waals surface area (Å²) in [6.45, 7) is 2.01. The smallest absolute Gasteiger partial charge is 0.244 e. The lowest BCUT2D eigenvalue weighted by atomic mass is 10.2. The molecule has 2 aromatic carbocycles. The lowest BCUT2D eigenvalue weighted by molar-refractivity contribution is -0.120. The van der Waals surface area contributed by atoms with E-state index in [1.54, 1.807) is 18.5 Å². The highest BCUT2D eigenvalue weighted by molar-refractivity contribution is 7.99. The zero-order chi connectivity index (χ0) is 22.8. The molecular weight excluding hydrogens is 436 g/mol. The summed E-state index contributed by atoms with van der Waals surface area (Å²) in [7, 11) is 0. The minimum Gasteiger partial charge on any atom is -0.323 e. The summed E-state index contributed by atoms with van der Waals surface area (Å²) in [5.74, 6) is 0.368. The van der Waals surface area contributed by atoms with Crippen molar-refractivity contribution in [3.8, 4) is 17.1 Å². The van der Waals surface area contributed by atoms with E-state index in [4.69, 9.17) is 0 Å². The van der Waals surface area contributed by atoms with Crippen LogP contribution in [0.3, 0.4) is 0 Å². The van der Waals surface area contributed by atoms with Crippen LogP contribution < -0.4 is 10.2 Å². The summed E-state index contributed by atoms with van der Waals surface area (Å²) in [5, 5.41) is 12.2. The average Bonchev–Trinajstić information content (AvgIpc) is 3.26. The van der Waals surface area contributed by atoms with Gasteiger partial charge in [-0.25, -0.2) is 0 Å². The van der Waals surface area contributed by atoms with Crippen LogP contribution in [0.15, 0.2) is 78.2 Å². The Morgan fingerprint density at radius 2 is 1.82 bits per heavy atom. The summed E-state index contributed by atoms with van der Waals surface area (Å²) in [6.07, 6.45) is 3.45. The number of carbonyl (C=O) groups is 2. The summed E-state index contributed by atoms with van der Waals surface area (Å²) in [6, 6.07) is 19.0. The molecule has 0 fully saturated rings. The van der Waals surface area contributed by atoms with Crippen molar-refractivity contribution < 1.29 is 9.59 Å². The zero-order valence-electron chi connectivity index (χ0n) is 17.8. The lowest BCUT2D eigenvalue weighted by Crippen LogP contribution is -2.43. The van der Waals surface area contributed by atoms with Crippen LogP contribution in [0.25, 0.3) is 17.1 Å². The Hall–Kier alpha value is -3.98. The largest absolute Gasteiger partial charge is 0.323 e. The summed E-state index contributed by atoms with van der Waals surface area (Å²) in [5.41, 5.74) is 4.14. The Morgan fingerprint density at radius 3 is 2.61 bits per heavy atom. The standard InChI is InChI=1S/C24H20N6O2S/c1-16-7-2-4-10-19(16)30-23(17-8-6-12-25-13-17)27-28-24(30)33-15-22(32)29-14-21(31)26-18-9-3-5-11-20(18)29/h2-13H,14-15H2,1H3,(H,26,31). The number of carbonyl (C=O) groups excluding carboxylic acids is 2. The molecular formula is C24H20N6O2S. The molecule has 5 rings (SSSR count). The number of anilines is 2.